The zero-order valence-corrected chi connectivity index (χ0v) is 8.82. The number of rotatable bonds is 1. The highest BCUT2D eigenvalue weighted by atomic mass is 79.9. The molecule has 82 valence electrons. The number of nitrogens with two attached hydrogens (primary N) is 1. The third-order valence-corrected chi connectivity index (χ3v) is 1.95. The predicted octanol–water partition coefficient (Wildman–Crippen LogP) is 2.96. The first-order chi connectivity index (χ1) is 6.79. The van der Waals surface area contributed by atoms with Gasteiger partial charge in [-0.05, 0) is 18.2 Å². The predicted molar refractivity (Wildman–Crippen MR) is 52.4 cm³/mol. The van der Waals surface area contributed by atoms with E-state index in [0.29, 0.717) is 0 Å². The quantitative estimate of drug-likeness (QED) is 0.818. The fraction of sp³-hybridized carbons (Fsp3) is 0.125. The average Bonchev–Trinajstić information content (AvgIpc) is 1.99. The summed E-state index contributed by atoms with van der Waals surface area (Å²) in [6, 6.07) is 2.11. The number of urea groups is 1. The minimum atomic E-state index is -4.46. The van der Waals surface area contributed by atoms with Crippen LogP contribution in [0.4, 0.5) is 23.7 Å². The van der Waals surface area contributed by atoms with Gasteiger partial charge in [0.2, 0.25) is 0 Å². The topological polar surface area (TPSA) is 55.1 Å². The number of alkyl halides is 3. The van der Waals surface area contributed by atoms with E-state index in [1.807, 2.05) is 0 Å². The largest absolute Gasteiger partial charge is 0.416 e. The van der Waals surface area contributed by atoms with Crippen LogP contribution in [-0.2, 0) is 6.18 Å². The number of amides is 2. The second kappa shape index (κ2) is 4.09. The molecule has 1 aromatic rings. The first-order valence-corrected chi connectivity index (χ1v) is 4.52. The molecular weight excluding hydrogens is 277 g/mol. The molecule has 0 atom stereocenters. The van der Waals surface area contributed by atoms with Crippen molar-refractivity contribution in [1.82, 2.24) is 0 Å². The molecule has 7 heteroatoms. The third-order valence-electron chi connectivity index (χ3n) is 1.49. The number of nitrogens with one attached hydrogen (secondary N) is 1. The average molecular weight is 283 g/mol. The number of carbonyl (C=O) groups is 1. The van der Waals surface area contributed by atoms with Crippen molar-refractivity contribution in [1.29, 1.82) is 0 Å². The maximum atomic E-state index is 12.3. The second-order valence-corrected chi connectivity index (χ2v) is 3.63. The van der Waals surface area contributed by atoms with E-state index in [1.54, 1.807) is 0 Å². The highest BCUT2D eigenvalue weighted by Gasteiger charge is 2.31. The molecule has 0 fully saturated rings. The van der Waals surface area contributed by atoms with Gasteiger partial charge in [-0.15, -0.1) is 0 Å². The van der Waals surface area contributed by atoms with Crippen molar-refractivity contribution >= 4 is 27.6 Å². The molecule has 0 spiro atoms. The highest BCUT2D eigenvalue weighted by Crippen LogP contribution is 2.33. The van der Waals surface area contributed by atoms with Gasteiger partial charge >= 0.3 is 12.2 Å². The number of primary amides is 1. The van der Waals surface area contributed by atoms with E-state index in [1.165, 1.54) is 6.07 Å². The Balaban J connectivity index is 3.11. The Bertz CT molecular complexity index is 392. The fourth-order valence-electron chi connectivity index (χ4n) is 0.968. The van der Waals surface area contributed by atoms with Gasteiger partial charge in [0, 0.05) is 10.2 Å². The summed E-state index contributed by atoms with van der Waals surface area (Å²) in [4.78, 5) is 10.5. The first-order valence-electron chi connectivity index (χ1n) is 3.73. The third kappa shape index (κ3) is 3.43. The van der Waals surface area contributed by atoms with E-state index in [-0.39, 0.29) is 10.2 Å². The Labute approximate surface area is 91.6 Å². The molecule has 0 aromatic heterocycles. The molecule has 0 saturated carbocycles. The molecular formula is C8H6BrF3N2O. The fourth-order valence-corrected chi connectivity index (χ4v) is 1.46. The van der Waals surface area contributed by atoms with Gasteiger partial charge in [-0.3, -0.25) is 0 Å². The number of carbonyl (C=O) groups excluding carboxylic acids is 1. The van der Waals surface area contributed by atoms with E-state index in [9.17, 15) is 18.0 Å². The number of anilines is 1. The van der Waals surface area contributed by atoms with Gasteiger partial charge in [0.15, 0.2) is 0 Å². The Morgan fingerprint density at radius 3 is 2.40 bits per heavy atom. The molecule has 0 unspecified atom stereocenters. The molecule has 2 amide bonds. The summed E-state index contributed by atoms with van der Waals surface area (Å²) in [6.07, 6.45) is -4.46. The van der Waals surface area contributed by atoms with Crippen molar-refractivity contribution < 1.29 is 18.0 Å². The Morgan fingerprint density at radius 2 is 1.93 bits per heavy atom. The Morgan fingerprint density at radius 1 is 1.33 bits per heavy atom. The molecule has 0 saturated heterocycles. The number of hydrogen-bond acceptors (Lipinski definition) is 1. The van der Waals surface area contributed by atoms with Crippen LogP contribution < -0.4 is 11.1 Å². The van der Waals surface area contributed by atoms with E-state index >= 15 is 0 Å². The first kappa shape index (κ1) is 11.8. The van der Waals surface area contributed by atoms with E-state index in [0.717, 1.165) is 12.1 Å². The Hall–Kier alpha value is -1.24. The zero-order valence-electron chi connectivity index (χ0n) is 7.23. The summed E-state index contributed by atoms with van der Waals surface area (Å²) in [7, 11) is 0. The summed E-state index contributed by atoms with van der Waals surface area (Å²) < 4.78 is 37.2. The zero-order chi connectivity index (χ0) is 11.6. The van der Waals surface area contributed by atoms with Crippen LogP contribution >= 0.6 is 15.9 Å². The van der Waals surface area contributed by atoms with E-state index in [4.69, 9.17) is 5.73 Å². The van der Waals surface area contributed by atoms with Crippen LogP contribution in [0.2, 0.25) is 0 Å². The van der Waals surface area contributed by atoms with Crippen LogP contribution in [0, 0.1) is 0 Å². The second-order valence-electron chi connectivity index (χ2n) is 2.72. The molecule has 0 aliphatic carbocycles. The van der Waals surface area contributed by atoms with Crippen molar-refractivity contribution in [3.05, 3.63) is 28.2 Å². The number of benzene rings is 1. The molecule has 0 heterocycles. The van der Waals surface area contributed by atoms with Crippen LogP contribution in [0.15, 0.2) is 22.7 Å². The van der Waals surface area contributed by atoms with Crippen LogP contribution in [0.25, 0.3) is 0 Å². The van der Waals surface area contributed by atoms with Crippen LogP contribution in [-0.4, -0.2) is 6.03 Å². The lowest BCUT2D eigenvalue weighted by Gasteiger charge is -2.09. The molecule has 3 nitrogen and oxygen atoms in total. The summed E-state index contributed by atoms with van der Waals surface area (Å²) in [5.74, 6) is 0. The maximum absolute atomic E-state index is 12.3. The van der Waals surface area contributed by atoms with Crippen molar-refractivity contribution in [2.45, 2.75) is 6.18 Å². The van der Waals surface area contributed by atoms with Gasteiger partial charge in [0.05, 0.1) is 5.56 Å². The van der Waals surface area contributed by atoms with Crippen LogP contribution in [0.5, 0.6) is 0 Å². The molecule has 0 radical (unpaired) electrons. The minimum absolute atomic E-state index is 0.01000. The lowest BCUT2D eigenvalue weighted by molar-refractivity contribution is -0.137. The maximum Gasteiger partial charge on any atom is 0.416 e. The van der Waals surface area contributed by atoms with Gasteiger partial charge in [0.25, 0.3) is 0 Å². The summed E-state index contributed by atoms with van der Waals surface area (Å²) in [5.41, 5.74) is 3.92. The van der Waals surface area contributed by atoms with Crippen molar-refractivity contribution in [3.63, 3.8) is 0 Å². The van der Waals surface area contributed by atoms with E-state index < -0.39 is 17.8 Å². The smallest absolute Gasteiger partial charge is 0.351 e. The normalized spacial score (nSPS) is 11.2. The van der Waals surface area contributed by atoms with Gasteiger partial charge in [-0.25, -0.2) is 4.79 Å². The van der Waals surface area contributed by atoms with Gasteiger partial charge in [-0.1, -0.05) is 15.9 Å². The molecule has 15 heavy (non-hydrogen) atoms. The molecule has 1 rings (SSSR count). The molecule has 0 aliphatic heterocycles. The minimum Gasteiger partial charge on any atom is -0.351 e. The summed E-state index contributed by atoms with van der Waals surface area (Å²) >= 11 is 2.90. The number of hydrogen-bond donors (Lipinski definition) is 2. The molecule has 0 aliphatic rings. The molecule has 1 aromatic carbocycles. The van der Waals surface area contributed by atoms with E-state index in [2.05, 4.69) is 21.2 Å². The Kier molecular flexibility index (Phi) is 3.23. The summed E-state index contributed by atoms with van der Waals surface area (Å²) in [5, 5.41) is 2.07. The lowest BCUT2D eigenvalue weighted by atomic mass is 10.2. The summed E-state index contributed by atoms with van der Waals surface area (Å²) in [6.45, 7) is 0. The van der Waals surface area contributed by atoms with Gasteiger partial charge in [-0.2, -0.15) is 13.2 Å². The van der Waals surface area contributed by atoms with Gasteiger partial charge in [0.1, 0.15) is 0 Å². The van der Waals surface area contributed by atoms with Crippen LogP contribution in [0.1, 0.15) is 5.56 Å². The standard InChI is InChI=1S/C8H6BrF3N2O/c9-5-1-4(8(10,11)12)2-6(3-5)14-7(13)15/h1-3H,(H3,13,14,15). The van der Waals surface area contributed by atoms with Crippen LogP contribution in [0.3, 0.4) is 0 Å². The SMILES string of the molecule is NC(=O)Nc1cc(Br)cc(C(F)(F)F)c1. The monoisotopic (exact) mass is 282 g/mol. The molecule has 0 bridgehead atoms. The van der Waals surface area contributed by atoms with Crippen molar-refractivity contribution in [3.8, 4) is 0 Å². The molecule has 3 N–H and O–H groups in total. The number of halogens is 4. The van der Waals surface area contributed by atoms with Crippen molar-refractivity contribution in [2.75, 3.05) is 5.32 Å². The van der Waals surface area contributed by atoms with Crippen molar-refractivity contribution in [2.24, 2.45) is 5.73 Å². The highest BCUT2D eigenvalue weighted by molar-refractivity contribution is 9.10. The van der Waals surface area contributed by atoms with Gasteiger partial charge < -0.3 is 11.1 Å². The lowest BCUT2D eigenvalue weighted by Crippen LogP contribution is -2.19.